The number of fused-ring (bicyclic) bond motifs is 4. The van der Waals surface area contributed by atoms with Gasteiger partial charge in [-0.1, -0.05) is 24.3 Å². The maximum atomic E-state index is 13.1. The number of aliphatic hydroxyl groups excluding tert-OH is 1. The minimum atomic E-state index is -2.53. The number of aliphatic hydroxyl groups is 4. The average molecular weight is 360 g/mol. The van der Waals surface area contributed by atoms with Gasteiger partial charge in [0.2, 0.25) is 0 Å². The minimum Gasteiger partial charge on any atom is -0.392 e. The number of Topliss-reactive ketones (excluding diaryl/α,β-unsaturated/α-hetero) is 3. The van der Waals surface area contributed by atoms with E-state index >= 15 is 0 Å². The lowest BCUT2D eigenvalue weighted by molar-refractivity contribution is -0.249. The Hall–Kier alpha value is -1.93. The zero-order valence-corrected chi connectivity index (χ0v) is 14.2. The number of carbonyl (C=O) groups excluding carboxylic acids is 3. The smallest absolute Gasteiger partial charge is 0.170 e. The number of hydrogen-bond donors (Lipinski definition) is 4. The Morgan fingerprint density at radius 3 is 2.19 bits per heavy atom. The largest absolute Gasteiger partial charge is 0.392 e. The Morgan fingerprint density at radius 1 is 1.00 bits per heavy atom. The molecule has 6 atom stereocenters. The van der Waals surface area contributed by atoms with E-state index in [4.69, 9.17) is 0 Å². The molecule has 3 aliphatic rings. The van der Waals surface area contributed by atoms with Crippen LogP contribution in [0.25, 0.3) is 0 Å². The van der Waals surface area contributed by atoms with Gasteiger partial charge in [-0.15, -0.1) is 0 Å². The summed E-state index contributed by atoms with van der Waals surface area (Å²) in [5, 5.41) is 43.2. The third kappa shape index (κ3) is 2.00. The third-order valence-electron chi connectivity index (χ3n) is 6.16. The first-order valence-electron chi connectivity index (χ1n) is 8.58. The summed E-state index contributed by atoms with van der Waals surface area (Å²) in [7, 11) is 0. The van der Waals surface area contributed by atoms with Gasteiger partial charge in [0.25, 0.3) is 0 Å². The molecular formula is C19H20O7. The highest BCUT2D eigenvalue weighted by molar-refractivity contribution is 6.18. The van der Waals surface area contributed by atoms with E-state index in [-0.39, 0.29) is 17.5 Å². The van der Waals surface area contributed by atoms with E-state index in [1.54, 1.807) is 12.1 Å². The molecule has 4 N–H and O–H groups in total. The summed E-state index contributed by atoms with van der Waals surface area (Å²) in [6.07, 6.45) is -2.73. The van der Waals surface area contributed by atoms with E-state index in [0.29, 0.717) is 0 Å². The molecule has 2 fully saturated rings. The third-order valence-corrected chi connectivity index (χ3v) is 6.16. The fraction of sp³-hybridized carbons (Fsp3) is 0.526. The summed E-state index contributed by atoms with van der Waals surface area (Å²) >= 11 is 0. The fourth-order valence-electron chi connectivity index (χ4n) is 5.15. The number of benzene rings is 1. The van der Waals surface area contributed by atoms with Gasteiger partial charge < -0.3 is 20.4 Å². The molecule has 138 valence electrons. The molecule has 0 aliphatic heterocycles. The monoisotopic (exact) mass is 360 g/mol. The zero-order valence-electron chi connectivity index (χ0n) is 14.2. The molecule has 0 saturated heterocycles. The van der Waals surface area contributed by atoms with Crippen molar-refractivity contribution in [1.82, 2.24) is 0 Å². The number of hydrogen-bond acceptors (Lipinski definition) is 7. The topological polar surface area (TPSA) is 132 Å². The second-order valence-electron chi connectivity index (χ2n) is 8.12. The highest BCUT2D eigenvalue weighted by atomic mass is 16.4. The van der Waals surface area contributed by atoms with E-state index in [2.05, 4.69) is 0 Å². The molecule has 7 heteroatoms. The summed E-state index contributed by atoms with van der Waals surface area (Å²) in [5.41, 5.74) is -6.10. The molecule has 0 bridgehead atoms. The predicted octanol–water partition coefficient (Wildman–Crippen LogP) is -0.361. The van der Waals surface area contributed by atoms with Crippen molar-refractivity contribution < 1.29 is 34.8 Å². The molecule has 26 heavy (non-hydrogen) atoms. The molecule has 0 amide bonds. The molecule has 0 spiro atoms. The fourth-order valence-corrected chi connectivity index (χ4v) is 5.15. The van der Waals surface area contributed by atoms with Crippen molar-refractivity contribution in [2.45, 2.75) is 49.1 Å². The van der Waals surface area contributed by atoms with Gasteiger partial charge in [-0.3, -0.25) is 14.4 Å². The molecule has 7 nitrogen and oxygen atoms in total. The van der Waals surface area contributed by atoms with Crippen molar-refractivity contribution in [1.29, 1.82) is 0 Å². The predicted molar refractivity (Wildman–Crippen MR) is 87.5 cm³/mol. The van der Waals surface area contributed by atoms with Crippen molar-refractivity contribution in [3.63, 3.8) is 0 Å². The summed E-state index contributed by atoms with van der Waals surface area (Å²) in [6.45, 7) is 1.35. The second-order valence-corrected chi connectivity index (χ2v) is 8.12. The van der Waals surface area contributed by atoms with Gasteiger partial charge in [0.05, 0.1) is 23.5 Å². The van der Waals surface area contributed by atoms with Crippen LogP contribution in [0.3, 0.4) is 0 Å². The van der Waals surface area contributed by atoms with Crippen LogP contribution in [-0.2, 0) is 4.79 Å². The van der Waals surface area contributed by atoms with Gasteiger partial charge in [0, 0.05) is 30.4 Å². The summed E-state index contributed by atoms with van der Waals surface area (Å²) in [5.74, 6) is -4.96. The first-order chi connectivity index (χ1) is 12.0. The number of carbonyl (C=O) groups is 3. The highest BCUT2D eigenvalue weighted by Crippen LogP contribution is 2.55. The van der Waals surface area contributed by atoms with Crippen LogP contribution in [-0.4, -0.2) is 60.7 Å². The quantitative estimate of drug-likeness (QED) is 0.497. The number of rotatable bonds is 0. The van der Waals surface area contributed by atoms with Crippen molar-refractivity contribution in [2.75, 3.05) is 0 Å². The second kappa shape index (κ2) is 5.07. The van der Waals surface area contributed by atoms with Crippen molar-refractivity contribution in [3.8, 4) is 0 Å². The van der Waals surface area contributed by atoms with Crippen molar-refractivity contribution >= 4 is 17.3 Å². The molecule has 1 aromatic rings. The van der Waals surface area contributed by atoms with Crippen LogP contribution < -0.4 is 0 Å². The number of ketones is 3. The van der Waals surface area contributed by atoms with E-state index < -0.39 is 64.9 Å². The Kier molecular flexibility index (Phi) is 3.41. The van der Waals surface area contributed by atoms with Crippen LogP contribution in [0.5, 0.6) is 0 Å². The van der Waals surface area contributed by atoms with Gasteiger partial charge in [0.1, 0.15) is 5.60 Å². The molecule has 4 rings (SSSR count). The van der Waals surface area contributed by atoms with E-state index in [0.717, 1.165) is 0 Å². The highest BCUT2D eigenvalue weighted by Gasteiger charge is 2.72. The standard InChI is InChI=1S/C19H20O7/c1-17(24)7-12(21)19(26)14-13(11(20)6-18(19,25)8-17)15(22)9-4-2-3-5-10(9)16(14)23/h2-5,11,13-14,20,24-26H,6-8H2,1H3/t11-,13?,14?,17?,18+,19+/m1/s1. The molecule has 1 aromatic carbocycles. The van der Waals surface area contributed by atoms with Crippen LogP contribution in [0, 0.1) is 11.8 Å². The van der Waals surface area contributed by atoms with Gasteiger partial charge in [0.15, 0.2) is 23.0 Å². The first kappa shape index (κ1) is 17.5. The van der Waals surface area contributed by atoms with Crippen molar-refractivity contribution in [3.05, 3.63) is 35.4 Å². The molecule has 0 heterocycles. The van der Waals surface area contributed by atoms with Gasteiger partial charge in [-0.2, -0.15) is 0 Å². The Morgan fingerprint density at radius 2 is 1.58 bits per heavy atom. The minimum absolute atomic E-state index is 0.0637. The lowest BCUT2D eigenvalue weighted by Crippen LogP contribution is -2.77. The normalized spacial score (nSPS) is 45.0. The first-order valence-corrected chi connectivity index (χ1v) is 8.58. The van der Waals surface area contributed by atoms with Crippen LogP contribution in [0.15, 0.2) is 24.3 Å². The van der Waals surface area contributed by atoms with E-state index in [9.17, 15) is 34.8 Å². The van der Waals surface area contributed by atoms with Crippen LogP contribution in [0.4, 0.5) is 0 Å². The molecule has 2 saturated carbocycles. The van der Waals surface area contributed by atoms with E-state index in [1.807, 2.05) is 0 Å². The average Bonchev–Trinajstić information content (AvgIpc) is 2.53. The Balaban J connectivity index is 1.93. The van der Waals surface area contributed by atoms with Crippen LogP contribution in [0.1, 0.15) is 46.9 Å². The summed E-state index contributed by atoms with van der Waals surface area (Å²) in [6, 6.07) is 6.05. The van der Waals surface area contributed by atoms with Crippen LogP contribution >= 0.6 is 0 Å². The van der Waals surface area contributed by atoms with Crippen molar-refractivity contribution in [2.24, 2.45) is 11.8 Å². The molecule has 3 aliphatic carbocycles. The lowest BCUT2D eigenvalue weighted by Gasteiger charge is -2.59. The molecule has 0 radical (unpaired) electrons. The van der Waals surface area contributed by atoms with Gasteiger partial charge >= 0.3 is 0 Å². The lowest BCUT2D eigenvalue weighted by atomic mass is 9.49. The van der Waals surface area contributed by atoms with E-state index in [1.165, 1.54) is 19.1 Å². The summed E-state index contributed by atoms with van der Waals surface area (Å²) in [4.78, 5) is 38.8. The van der Waals surface area contributed by atoms with Gasteiger partial charge in [-0.05, 0) is 6.92 Å². The zero-order chi connectivity index (χ0) is 19.1. The van der Waals surface area contributed by atoms with Gasteiger partial charge in [-0.25, -0.2) is 0 Å². The molecule has 0 aromatic heterocycles. The Labute approximate surface area is 149 Å². The Bertz CT molecular complexity index is 844. The maximum Gasteiger partial charge on any atom is 0.170 e. The SMILES string of the molecule is CC1(O)CC(=O)[C@]2(O)C3C(=O)c4ccccc4C(=O)C3[C@H](O)C[C@]2(O)C1. The van der Waals surface area contributed by atoms with Crippen LogP contribution in [0.2, 0.25) is 0 Å². The summed E-state index contributed by atoms with van der Waals surface area (Å²) < 4.78 is 0. The maximum absolute atomic E-state index is 13.1. The molecular weight excluding hydrogens is 340 g/mol. The molecule has 3 unspecified atom stereocenters.